The highest BCUT2D eigenvalue weighted by Crippen LogP contribution is 2.32. The lowest BCUT2D eigenvalue weighted by Crippen LogP contribution is -2.67. The number of carbonyl (C=O) groups is 2. The molecule has 2 amide bonds. The second kappa shape index (κ2) is 5.09. The number of benzene rings is 1. The molecule has 0 aliphatic carbocycles. The topological polar surface area (TPSA) is 49.4 Å². The molecule has 20 heavy (non-hydrogen) atoms. The van der Waals surface area contributed by atoms with E-state index in [2.05, 4.69) is 5.32 Å². The van der Waals surface area contributed by atoms with Crippen molar-refractivity contribution in [2.24, 2.45) is 0 Å². The lowest BCUT2D eigenvalue weighted by Gasteiger charge is -2.44. The van der Waals surface area contributed by atoms with Gasteiger partial charge >= 0.3 is 0 Å². The second-order valence-electron chi connectivity index (χ2n) is 5.70. The first-order chi connectivity index (χ1) is 9.25. The number of nitrogens with one attached hydrogen (secondary N) is 1. The van der Waals surface area contributed by atoms with Gasteiger partial charge in [0, 0.05) is 5.02 Å². The highest BCUT2D eigenvalue weighted by Gasteiger charge is 2.45. The Morgan fingerprint density at radius 1 is 1.30 bits per heavy atom. The van der Waals surface area contributed by atoms with Gasteiger partial charge in [-0.15, -0.1) is 0 Å². The van der Waals surface area contributed by atoms with Crippen LogP contribution in [0.4, 0.5) is 0 Å². The standard InChI is InChI=1S/C15H19ClN2O2/c1-9(11-7-5-6-8-12(11)16)18-10(2)13(19)17-15(3,4)14(18)20/h5-10H,1-4H3,(H,17,19). The average molecular weight is 295 g/mol. The molecule has 108 valence electrons. The Labute approximate surface area is 124 Å². The van der Waals surface area contributed by atoms with E-state index < -0.39 is 11.6 Å². The third-order valence-electron chi connectivity index (χ3n) is 3.77. The summed E-state index contributed by atoms with van der Waals surface area (Å²) < 4.78 is 0. The second-order valence-corrected chi connectivity index (χ2v) is 6.11. The van der Waals surface area contributed by atoms with Crippen molar-refractivity contribution in [3.8, 4) is 0 Å². The van der Waals surface area contributed by atoms with E-state index in [1.54, 1.807) is 31.7 Å². The summed E-state index contributed by atoms with van der Waals surface area (Å²) in [7, 11) is 0. The van der Waals surface area contributed by atoms with Crippen LogP contribution in [0.1, 0.15) is 39.3 Å². The zero-order valence-corrected chi connectivity index (χ0v) is 12.9. The van der Waals surface area contributed by atoms with Gasteiger partial charge in [0.15, 0.2) is 0 Å². The summed E-state index contributed by atoms with van der Waals surface area (Å²) in [4.78, 5) is 26.3. The molecule has 0 spiro atoms. The van der Waals surface area contributed by atoms with Gasteiger partial charge in [-0.05, 0) is 39.3 Å². The van der Waals surface area contributed by atoms with Crippen LogP contribution in [-0.2, 0) is 9.59 Å². The van der Waals surface area contributed by atoms with Gasteiger partial charge in [-0.3, -0.25) is 9.59 Å². The smallest absolute Gasteiger partial charge is 0.248 e. The number of halogens is 1. The van der Waals surface area contributed by atoms with E-state index in [-0.39, 0.29) is 17.9 Å². The van der Waals surface area contributed by atoms with E-state index in [0.29, 0.717) is 5.02 Å². The molecule has 1 aromatic rings. The molecule has 1 heterocycles. The summed E-state index contributed by atoms with van der Waals surface area (Å²) in [6, 6.07) is 6.63. The van der Waals surface area contributed by atoms with Crippen LogP contribution < -0.4 is 5.32 Å². The number of carbonyl (C=O) groups excluding carboxylic acids is 2. The summed E-state index contributed by atoms with van der Waals surface area (Å²) in [6.07, 6.45) is 0. The Morgan fingerprint density at radius 2 is 1.90 bits per heavy atom. The molecule has 1 aliphatic heterocycles. The molecule has 1 aromatic carbocycles. The fourth-order valence-electron chi connectivity index (χ4n) is 2.57. The molecule has 2 rings (SSSR count). The molecule has 0 bridgehead atoms. The predicted octanol–water partition coefficient (Wildman–Crippen LogP) is 2.53. The van der Waals surface area contributed by atoms with Crippen molar-refractivity contribution in [2.75, 3.05) is 0 Å². The minimum Gasteiger partial charge on any atom is -0.340 e. The third-order valence-corrected chi connectivity index (χ3v) is 4.12. The van der Waals surface area contributed by atoms with E-state index in [9.17, 15) is 9.59 Å². The molecular formula is C15H19ClN2O2. The SMILES string of the molecule is CC1C(=O)NC(C)(C)C(=O)N1C(C)c1ccccc1Cl. The Hall–Kier alpha value is -1.55. The minimum absolute atomic E-state index is 0.1000. The fraction of sp³-hybridized carbons (Fsp3) is 0.467. The number of piperazine rings is 1. The predicted molar refractivity (Wildman–Crippen MR) is 78.4 cm³/mol. The van der Waals surface area contributed by atoms with Crippen LogP contribution in [0.15, 0.2) is 24.3 Å². The summed E-state index contributed by atoms with van der Waals surface area (Å²) in [5, 5.41) is 3.34. The molecule has 2 unspecified atom stereocenters. The maximum absolute atomic E-state index is 12.6. The Bertz CT molecular complexity index is 557. The molecule has 2 atom stereocenters. The number of nitrogens with zero attached hydrogens (tertiary/aromatic N) is 1. The summed E-state index contributed by atoms with van der Waals surface area (Å²) in [6.45, 7) is 7.05. The van der Waals surface area contributed by atoms with Crippen LogP contribution in [0.5, 0.6) is 0 Å². The highest BCUT2D eigenvalue weighted by molar-refractivity contribution is 6.31. The quantitative estimate of drug-likeness (QED) is 0.911. The van der Waals surface area contributed by atoms with Gasteiger partial charge in [-0.2, -0.15) is 0 Å². The van der Waals surface area contributed by atoms with E-state index in [0.717, 1.165) is 5.56 Å². The zero-order valence-electron chi connectivity index (χ0n) is 12.1. The molecular weight excluding hydrogens is 276 g/mol. The first kappa shape index (κ1) is 14.9. The maximum atomic E-state index is 12.6. The van der Waals surface area contributed by atoms with E-state index in [4.69, 9.17) is 11.6 Å². The first-order valence-corrected chi connectivity index (χ1v) is 7.02. The van der Waals surface area contributed by atoms with E-state index in [1.807, 2.05) is 25.1 Å². The van der Waals surface area contributed by atoms with E-state index >= 15 is 0 Å². The van der Waals surface area contributed by atoms with Crippen molar-refractivity contribution in [1.29, 1.82) is 0 Å². The number of hydrogen-bond donors (Lipinski definition) is 1. The third kappa shape index (κ3) is 2.40. The Balaban J connectivity index is 2.41. The van der Waals surface area contributed by atoms with E-state index in [1.165, 1.54) is 0 Å². The molecule has 1 saturated heterocycles. The lowest BCUT2D eigenvalue weighted by atomic mass is 9.94. The molecule has 5 heteroatoms. The van der Waals surface area contributed by atoms with Gasteiger partial charge < -0.3 is 10.2 Å². The molecule has 1 aliphatic rings. The first-order valence-electron chi connectivity index (χ1n) is 6.65. The van der Waals surface area contributed by atoms with Crippen molar-refractivity contribution in [1.82, 2.24) is 10.2 Å². The highest BCUT2D eigenvalue weighted by atomic mass is 35.5. The molecule has 0 aromatic heterocycles. The monoisotopic (exact) mass is 294 g/mol. The van der Waals surface area contributed by atoms with Crippen molar-refractivity contribution >= 4 is 23.4 Å². The summed E-state index contributed by atoms with van der Waals surface area (Å²) in [5.41, 5.74) is -0.0427. The molecule has 4 nitrogen and oxygen atoms in total. The number of rotatable bonds is 2. The molecule has 1 fully saturated rings. The van der Waals surface area contributed by atoms with Gasteiger partial charge in [0.25, 0.3) is 0 Å². The van der Waals surface area contributed by atoms with Crippen LogP contribution >= 0.6 is 11.6 Å². The van der Waals surface area contributed by atoms with Gasteiger partial charge in [0.05, 0.1) is 6.04 Å². The minimum atomic E-state index is -0.890. The van der Waals surface area contributed by atoms with Crippen molar-refractivity contribution in [3.05, 3.63) is 34.9 Å². The van der Waals surface area contributed by atoms with Gasteiger partial charge in [0.2, 0.25) is 11.8 Å². The Kier molecular flexibility index (Phi) is 3.78. The van der Waals surface area contributed by atoms with Crippen LogP contribution in [0.25, 0.3) is 0 Å². The van der Waals surface area contributed by atoms with Crippen molar-refractivity contribution < 1.29 is 9.59 Å². The van der Waals surface area contributed by atoms with Gasteiger partial charge in [-0.25, -0.2) is 0 Å². The van der Waals surface area contributed by atoms with Crippen molar-refractivity contribution in [2.45, 2.75) is 45.3 Å². The normalized spacial score (nSPS) is 23.4. The lowest BCUT2D eigenvalue weighted by molar-refractivity contribution is -0.155. The molecule has 0 saturated carbocycles. The molecule has 1 N–H and O–H groups in total. The summed E-state index contributed by atoms with van der Waals surface area (Å²) >= 11 is 6.20. The number of hydrogen-bond acceptors (Lipinski definition) is 2. The Morgan fingerprint density at radius 3 is 2.50 bits per heavy atom. The fourth-order valence-corrected chi connectivity index (χ4v) is 2.86. The van der Waals surface area contributed by atoms with Crippen LogP contribution in [0, 0.1) is 0 Å². The van der Waals surface area contributed by atoms with Gasteiger partial charge in [-0.1, -0.05) is 29.8 Å². The zero-order chi connectivity index (χ0) is 15.1. The number of amides is 2. The van der Waals surface area contributed by atoms with Crippen LogP contribution in [0.2, 0.25) is 5.02 Å². The van der Waals surface area contributed by atoms with Crippen LogP contribution in [-0.4, -0.2) is 28.3 Å². The molecule has 0 radical (unpaired) electrons. The van der Waals surface area contributed by atoms with Crippen molar-refractivity contribution in [3.63, 3.8) is 0 Å². The largest absolute Gasteiger partial charge is 0.340 e. The van der Waals surface area contributed by atoms with Gasteiger partial charge in [0.1, 0.15) is 11.6 Å². The average Bonchev–Trinajstić information content (AvgIpc) is 2.37. The van der Waals surface area contributed by atoms with Crippen LogP contribution in [0.3, 0.4) is 0 Å². The maximum Gasteiger partial charge on any atom is 0.248 e. The summed E-state index contributed by atoms with van der Waals surface area (Å²) in [5.74, 6) is -0.245.